The number of hydrogen-bond acceptors (Lipinski definition) is 4. The number of allylic oxidation sites excluding steroid dienone is 2. The lowest BCUT2D eigenvalue weighted by Crippen LogP contribution is -2.01. The summed E-state index contributed by atoms with van der Waals surface area (Å²) in [5.41, 5.74) is 3.66. The van der Waals surface area contributed by atoms with Gasteiger partial charge in [-0.15, -0.1) is 0 Å². The normalized spacial score (nSPS) is 12.3. The van der Waals surface area contributed by atoms with Gasteiger partial charge in [-0.05, 0) is 23.6 Å². The minimum atomic E-state index is -0.0917. The maximum atomic E-state index is 9.45. The van der Waals surface area contributed by atoms with Crippen LogP contribution in [0.3, 0.4) is 0 Å². The summed E-state index contributed by atoms with van der Waals surface area (Å²) < 4.78 is 0. The van der Waals surface area contributed by atoms with Crippen LogP contribution >= 0.6 is 0 Å². The van der Waals surface area contributed by atoms with Gasteiger partial charge < -0.3 is 4.98 Å². The standard InChI is InChI=1S/C18H17N5/c1-18(2,3)9-13(10-19)15-8-12(4-6-20-15)16-14-5-7-21-17(14)23-11-22-16/h4-9,11H,1-3H3,(H,21,22,23). The number of fused-ring (bicyclic) bond motifs is 1. The first kappa shape index (κ1) is 14.9. The average Bonchev–Trinajstić information content (AvgIpc) is 3.00. The first-order chi connectivity index (χ1) is 11.0. The maximum absolute atomic E-state index is 9.45. The zero-order valence-electron chi connectivity index (χ0n) is 13.3. The Hall–Kier alpha value is -3.00. The van der Waals surface area contributed by atoms with Crippen LogP contribution in [0.2, 0.25) is 0 Å². The molecule has 1 N–H and O–H groups in total. The molecule has 0 atom stereocenters. The molecule has 114 valence electrons. The molecule has 0 amide bonds. The van der Waals surface area contributed by atoms with E-state index in [1.54, 1.807) is 6.20 Å². The van der Waals surface area contributed by atoms with E-state index >= 15 is 0 Å². The molecule has 0 saturated heterocycles. The zero-order valence-corrected chi connectivity index (χ0v) is 13.3. The van der Waals surface area contributed by atoms with Crippen LogP contribution < -0.4 is 0 Å². The summed E-state index contributed by atoms with van der Waals surface area (Å²) in [6.45, 7) is 6.17. The number of hydrogen-bond donors (Lipinski definition) is 1. The van der Waals surface area contributed by atoms with Gasteiger partial charge in [-0.25, -0.2) is 9.97 Å². The Kier molecular flexibility index (Phi) is 3.67. The lowest BCUT2D eigenvalue weighted by Gasteiger charge is -2.13. The highest BCUT2D eigenvalue weighted by atomic mass is 14.9. The molecule has 3 rings (SSSR count). The molecule has 5 nitrogen and oxygen atoms in total. The molecule has 0 aliphatic carbocycles. The Bertz CT molecular complexity index is 922. The molecule has 0 spiro atoms. The Morgan fingerprint density at radius 1 is 1.22 bits per heavy atom. The predicted octanol–water partition coefficient (Wildman–Crippen LogP) is 3.97. The van der Waals surface area contributed by atoms with Crippen molar-refractivity contribution in [1.29, 1.82) is 5.26 Å². The van der Waals surface area contributed by atoms with Crippen LogP contribution in [0.15, 0.2) is 43.0 Å². The molecule has 3 aromatic heterocycles. The fourth-order valence-electron chi connectivity index (χ4n) is 2.42. The van der Waals surface area contributed by atoms with Crippen molar-refractivity contribution < 1.29 is 0 Å². The molecular formula is C18H17N5. The Balaban J connectivity index is 2.12. The highest BCUT2D eigenvalue weighted by Crippen LogP contribution is 2.28. The summed E-state index contributed by atoms with van der Waals surface area (Å²) in [5.74, 6) is 0. The monoisotopic (exact) mass is 303 g/mol. The predicted molar refractivity (Wildman–Crippen MR) is 90.2 cm³/mol. The second-order valence-corrected chi connectivity index (χ2v) is 6.43. The fraction of sp³-hybridized carbons (Fsp3) is 0.222. The third-order valence-corrected chi connectivity index (χ3v) is 3.36. The topological polar surface area (TPSA) is 78.2 Å². The largest absolute Gasteiger partial charge is 0.346 e. The van der Waals surface area contributed by atoms with Crippen molar-refractivity contribution in [2.75, 3.05) is 0 Å². The van der Waals surface area contributed by atoms with Crippen LogP contribution in [0.1, 0.15) is 26.5 Å². The minimum absolute atomic E-state index is 0.0917. The van der Waals surface area contributed by atoms with E-state index in [9.17, 15) is 5.26 Å². The Morgan fingerprint density at radius 3 is 2.78 bits per heavy atom. The van der Waals surface area contributed by atoms with Gasteiger partial charge in [0.15, 0.2) is 0 Å². The van der Waals surface area contributed by atoms with Gasteiger partial charge >= 0.3 is 0 Å². The molecule has 0 saturated carbocycles. The lowest BCUT2D eigenvalue weighted by molar-refractivity contribution is 0.546. The van der Waals surface area contributed by atoms with E-state index in [1.165, 1.54) is 6.33 Å². The van der Waals surface area contributed by atoms with Gasteiger partial charge in [0.1, 0.15) is 18.0 Å². The van der Waals surface area contributed by atoms with Crippen molar-refractivity contribution >= 4 is 16.6 Å². The number of aromatic amines is 1. The summed E-state index contributed by atoms with van der Waals surface area (Å²) in [5, 5.41) is 10.4. The van der Waals surface area contributed by atoms with Crippen LogP contribution in [-0.4, -0.2) is 19.9 Å². The van der Waals surface area contributed by atoms with Crippen LogP contribution in [0, 0.1) is 16.7 Å². The van der Waals surface area contributed by atoms with Crippen LogP contribution in [0.5, 0.6) is 0 Å². The quantitative estimate of drug-likeness (QED) is 0.726. The Labute approximate surface area is 134 Å². The van der Waals surface area contributed by atoms with Crippen molar-refractivity contribution in [3.63, 3.8) is 0 Å². The number of H-pyrrole nitrogens is 1. The maximum Gasteiger partial charge on any atom is 0.141 e. The van der Waals surface area contributed by atoms with Crippen LogP contribution in [0.25, 0.3) is 27.9 Å². The second-order valence-electron chi connectivity index (χ2n) is 6.43. The Morgan fingerprint density at radius 2 is 2.04 bits per heavy atom. The highest BCUT2D eigenvalue weighted by molar-refractivity contribution is 5.91. The zero-order chi connectivity index (χ0) is 16.4. The molecule has 23 heavy (non-hydrogen) atoms. The molecule has 5 heteroatoms. The third-order valence-electron chi connectivity index (χ3n) is 3.36. The van der Waals surface area contributed by atoms with E-state index in [2.05, 4.69) is 46.8 Å². The van der Waals surface area contributed by atoms with E-state index in [-0.39, 0.29) is 5.41 Å². The number of nitrogens with zero attached hydrogens (tertiary/aromatic N) is 4. The van der Waals surface area contributed by atoms with Gasteiger partial charge in [-0.2, -0.15) is 5.26 Å². The molecule has 0 aliphatic rings. The van der Waals surface area contributed by atoms with Gasteiger partial charge in [0.2, 0.25) is 0 Å². The van der Waals surface area contributed by atoms with Crippen molar-refractivity contribution in [3.05, 3.63) is 48.7 Å². The number of nitriles is 1. The summed E-state index contributed by atoms with van der Waals surface area (Å²) in [6, 6.07) is 7.98. The van der Waals surface area contributed by atoms with Gasteiger partial charge in [0.25, 0.3) is 0 Å². The highest BCUT2D eigenvalue weighted by Gasteiger charge is 2.13. The van der Waals surface area contributed by atoms with Crippen molar-refractivity contribution in [1.82, 2.24) is 19.9 Å². The van der Waals surface area contributed by atoms with E-state index in [0.29, 0.717) is 11.3 Å². The number of pyridine rings is 1. The van der Waals surface area contributed by atoms with E-state index in [1.807, 2.05) is 30.5 Å². The summed E-state index contributed by atoms with van der Waals surface area (Å²) in [6.07, 6.45) is 7.01. The number of aromatic nitrogens is 4. The number of nitrogens with one attached hydrogen (secondary N) is 1. The molecule has 0 aliphatic heterocycles. The SMILES string of the molecule is CC(C)(C)C=C(C#N)c1cc(-c2ncnc3[nH]ccc23)ccn1. The third kappa shape index (κ3) is 3.11. The molecule has 0 aromatic carbocycles. The molecular weight excluding hydrogens is 286 g/mol. The summed E-state index contributed by atoms with van der Waals surface area (Å²) in [7, 11) is 0. The molecule has 3 heterocycles. The molecule has 0 bridgehead atoms. The van der Waals surface area contributed by atoms with Crippen LogP contribution in [-0.2, 0) is 0 Å². The lowest BCUT2D eigenvalue weighted by atomic mass is 9.92. The molecule has 3 aromatic rings. The van der Waals surface area contributed by atoms with Crippen molar-refractivity contribution in [2.45, 2.75) is 20.8 Å². The summed E-state index contributed by atoms with van der Waals surface area (Å²) >= 11 is 0. The second kappa shape index (κ2) is 5.65. The van der Waals surface area contributed by atoms with Gasteiger partial charge in [0, 0.05) is 23.3 Å². The fourth-order valence-corrected chi connectivity index (χ4v) is 2.42. The number of rotatable bonds is 2. The molecule has 0 radical (unpaired) electrons. The molecule has 0 fully saturated rings. The van der Waals surface area contributed by atoms with E-state index < -0.39 is 0 Å². The average molecular weight is 303 g/mol. The van der Waals surface area contributed by atoms with Crippen molar-refractivity contribution in [2.24, 2.45) is 5.41 Å². The van der Waals surface area contributed by atoms with Crippen molar-refractivity contribution in [3.8, 4) is 17.3 Å². The van der Waals surface area contributed by atoms with Crippen LogP contribution in [0.4, 0.5) is 0 Å². The van der Waals surface area contributed by atoms with E-state index in [4.69, 9.17) is 0 Å². The summed E-state index contributed by atoms with van der Waals surface area (Å²) in [4.78, 5) is 16.0. The first-order valence-corrected chi connectivity index (χ1v) is 7.36. The van der Waals surface area contributed by atoms with E-state index in [0.717, 1.165) is 22.3 Å². The van der Waals surface area contributed by atoms with Gasteiger partial charge in [-0.1, -0.05) is 26.8 Å². The molecule has 0 unspecified atom stereocenters. The van der Waals surface area contributed by atoms with Gasteiger partial charge in [-0.3, -0.25) is 4.98 Å². The first-order valence-electron chi connectivity index (χ1n) is 7.36. The minimum Gasteiger partial charge on any atom is -0.346 e. The smallest absolute Gasteiger partial charge is 0.141 e. The van der Waals surface area contributed by atoms with Gasteiger partial charge in [0.05, 0.1) is 17.0 Å².